The van der Waals surface area contributed by atoms with Crippen molar-refractivity contribution in [1.82, 2.24) is 14.5 Å². The van der Waals surface area contributed by atoms with Crippen molar-refractivity contribution in [1.29, 1.82) is 0 Å². The zero-order valence-electron chi connectivity index (χ0n) is 27.0. The first-order valence-electron chi connectivity index (χ1n) is 16.8. The topological polar surface area (TPSA) is 30.7 Å². The number of hydrogen-bond donors (Lipinski definition) is 0. The summed E-state index contributed by atoms with van der Waals surface area (Å²) < 4.78 is 4.86. The van der Waals surface area contributed by atoms with Gasteiger partial charge < -0.3 is 4.57 Å². The fraction of sp³-hybridized carbons (Fsp3) is 0. The van der Waals surface area contributed by atoms with Gasteiger partial charge in [0.25, 0.3) is 0 Å². The van der Waals surface area contributed by atoms with Gasteiger partial charge in [-0.3, -0.25) is 0 Å². The molecule has 3 heterocycles. The van der Waals surface area contributed by atoms with Crippen LogP contribution in [0.15, 0.2) is 176 Å². The van der Waals surface area contributed by atoms with E-state index in [2.05, 4.69) is 168 Å². The fourth-order valence-corrected chi connectivity index (χ4v) is 8.38. The van der Waals surface area contributed by atoms with E-state index < -0.39 is 0 Å². The van der Waals surface area contributed by atoms with Crippen LogP contribution in [0.5, 0.6) is 0 Å². The van der Waals surface area contributed by atoms with Crippen molar-refractivity contribution in [3.63, 3.8) is 0 Å². The average molecular weight is 656 g/mol. The first kappa shape index (κ1) is 28.6. The number of nitrogens with zero attached hydrogens (tertiary/aromatic N) is 3. The first-order chi connectivity index (χ1) is 24.8. The van der Waals surface area contributed by atoms with Gasteiger partial charge in [0, 0.05) is 53.3 Å². The molecule has 0 spiro atoms. The Hall–Kier alpha value is -6.36. The van der Waals surface area contributed by atoms with E-state index in [0.29, 0.717) is 0 Å². The maximum Gasteiger partial charge on any atom is 0.160 e. The molecule has 7 aromatic carbocycles. The van der Waals surface area contributed by atoms with E-state index in [1.54, 1.807) is 0 Å². The predicted molar refractivity (Wildman–Crippen MR) is 211 cm³/mol. The van der Waals surface area contributed by atoms with Crippen molar-refractivity contribution >= 4 is 53.3 Å². The second kappa shape index (κ2) is 11.7. The molecular formula is C46H29N3S. The molecule has 0 aliphatic carbocycles. The van der Waals surface area contributed by atoms with Gasteiger partial charge in [-0.15, -0.1) is 11.3 Å². The van der Waals surface area contributed by atoms with Crippen molar-refractivity contribution < 1.29 is 0 Å². The van der Waals surface area contributed by atoms with E-state index in [1.807, 2.05) is 23.5 Å². The summed E-state index contributed by atoms with van der Waals surface area (Å²) in [6, 6.07) is 62.5. The van der Waals surface area contributed by atoms with E-state index in [4.69, 9.17) is 9.97 Å². The van der Waals surface area contributed by atoms with Crippen LogP contribution in [0.2, 0.25) is 0 Å². The lowest BCUT2D eigenvalue weighted by Gasteiger charge is -2.09. The van der Waals surface area contributed by atoms with Gasteiger partial charge in [-0.25, -0.2) is 9.97 Å². The molecule has 10 aromatic rings. The Morgan fingerprint density at radius 1 is 0.360 bits per heavy atom. The largest absolute Gasteiger partial charge is 0.309 e. The molecule has 50 heavy (non-hydrogen) atoms. The quantitative estimate of drug-likeness (QED) is 0.185. The van der Waals surface area contributed by atoms with E-state index >= 15 is 0 Å². The molecule has 10 rings (SSSR count). The summed E-state index contributed by atoms with van der Waals surface area (Å²) in [7, 11) is 0. The molecule has 0 aliphatic rings. The maximum absolute atomic E-state index is 5.07. The smallest absolute Gasteiger partial charge is 0.160 e. The van der Waals surface area contributed by atoms with Crippen molar-refractivity contribution in [3.8, 4) is 50.7 Å². The summed E-state index contributed by atoms with van der Waals surface area (Å²) in [6.07, 6.45) is 0. The molecule has 0 radical (unpaired) electrons. The molecule has 0 aliphatic heterocycles. The third-order valence-corrected chi connectivity index (χ3v) is 10.7. The molecule has 3 nitrogen and oxygen atoms in total. The third-order valence-electron chi connectivity index (χ3n) is 9.62. The molecular weight excluding hydrogens is 627 g/mol. The molecule has 234 valence electrons. The monoisotopic (exact) mass is 655 g/mol. The van der Waals surface area contributed by atoms with E-state index in [-0.39, 0.29) is 0 Å². The van der Waals surface area contributed by atoms with Crippen molar-refractivity contribution in [2.75, 3.05) is 0 Å². The van der Waals surface area contributed by atoms with Gasteiger partial charge >= 0.3 is 0 Å². The highest BCUT2D eigenvalue weighted by Crippen LogP contribution is 2.40. The zero-order valence-corrected chi connectivity index (χ0v) is 27.8. The fourth-order valence-electron chi connectivity index (χ4n) is 7.19. The van der Waals surface area contributed by atoms with Crippen LogP contribution >= 0.6 is 11.3 Å². The summed E-state index contributed by atoms with van der Waals surface area (Å²) in [4.78, 5) is 10.1. The highest BCUT2D eigenvalue weighted by molar-refractivity contribution is 7.25. The molecule has 0 unspecified atom stereocenters. The summed E-state index contributed by atoms with van der Waals surface area (Å²) in [5.74, 6) is 0.730. The van der Waals surface area contributed by atoms with Crippen LogP contribution in [0.3, 0.4) is 0 Å². The van der Waals surface area contributed by atoms with E-state index in [0.717, 1.165) is 33.9 Å². The highest BCUT2D eigenvalue weighted by atomic mass is 32.1. The van der Waals surface area contributed by atoms with Crippen LogP contribution in [0.1, 0.15) is 0 Å². The Balaban J connectivity index is 1.07. The number of benzene rings is 7. The number of fused-ring (bicyclic) bond motifs is 6. The minimum atomic E-state index is 0.730. The normalized spacial score (nSPS) is 11.6. The minimum absolute atomic E-state index is 0.730. The summed E-state index contributed by atoms with van der Waals surface area (Å²) >= 11 is 1.83. The van der Waals surface area contributed by atoms with Gasteiger partial charge in [0.05, 0.1) is 22.4 Å². The molecule has 0 N–H and O–H groups in total. The van der Waals surface area contributed by atoms with Crippen LogP contribution in [0.25, 0.3) is 92.7 Å². The Kier molecular flexibility index (Phi) is 6.68. The lowest BCUT2D eigenvalue weighted by molar-refractivity contribution is 1.18. The highest BCUT2D eigenvalue weighted by Gasteiger charge is 2.15. The van der Waals surface area contributed by atoms with Crippen molar-refractivity contribution in [2.45, 2.75) is 0 Å². The molecule has 4 heteroatoms. The van der Waals surface area contributed by atoms with Crippen molar-refractivity contribution in [2.24, 2.45) is 0 Å². The third kappa shape index (κ3) is 4.80. The molecule has 0 bridgehead atoms. The minimum Gasteiger partial charge on any atom is -0.309 e. The van der Waals surface area contributed by atoms with Gasteiger partial charge in [-0.2, -0.15) is 0 Å². The molecule has 0 saturated heterocycles. The summed E-state index contributed by atoms with van der Waals surface area (Å²) in [5, 5.41) is 5.04. The first-order valence-corrected chi connectivity index (χ1v) is 17.6. The summed E-state index contributed by atoms with van der Waals surface area (Å²) in [6.45, 7) is 0. The Morgan fingerprint density at radius 2 is 0.880 bits per heavy atom. The lowest BCUT2D eigenvalue weighted by Crippen LogP contribution is -1.95. The number of rotatable bonds is 5. The van der Waals surface area contributed by atoms with Crippen LogP contribution in [0.4, 0.5) is 0 Å². The van der Waals surface area contributed by atoms with Gasteiger partial charge in [-0.1, -0.05) is 127 Å². The molecule has 0 saturated carbocycles. The van der Waals surface area contributed by atoms with Gasteiger partial charge in [0.15, 0.2) is 5.82 Å². The van der Waals surface area contributed by atoms with Crippen LogP contribution in [-0.4, -0.2) is 14.5 Å². The van der Waals surface area contributed by atoms with Gasteiger partial charge in [-0.05, 0) is 59.7 Å². The second-order valence-corrected chi connectivity index (χ2v) is 13.7. The lowest BCUT2D eigenvalue weighted by atomic mass is 10.0. The van der Waals surface area contributed by atoms with Gasteiger partial charge in [0.1, 0.15) is 0 Å². The molecule has 0 amide bonds. The van der Waals surface area contributed by atoms with Crippen molar-refractivity contribution in [3.05, 3.63) is 176 Å². The Labute approximate surface area is 293 Å². The van der Waals surface area contributed by atoms with Gasteiger partial charge in [0.2, 0.25) is 0 Å². The number of para-hydroxylation sites is 2. The standard InChI is InChI=1S/C46H29N3S/c1-4-12-30(13-5-1)40-29-41(31-14-6-2-7-15-31)48-46(47-40)34-21-24-38-37-23-20-33(27-44(37)50-45(38)28-34)32-22-25-43-39(26-32)36-18-10-11-19-42(36)49(43)35-16-8-3-9-17-35/h1-29H. The Bertz CT molecular complexity index is 2800. The maximum atomic E-state index is 5.07. The number of aromatic nitrogens is 3. The van der Waals surface area contributed by atoms with Crippen LogP contribution < -0.4 is 0 Å². The molecule has 0 atom stereocenters. The van der Waals surface area contributed by atoms with E-state index in [9.17, 15) is 0 Å². The van der Waals surface area contributed by atoms with Crippen LogP contribution in [-0.2, 0) is 0 Å². The zero-order chi connectivity index (χ0) is 33.0. The average Bonchev–Trinajstić information content (AvgIpc) is 3.73. The number of thiophene rings is 1. The van der Waals surface area contributed by atoms with Crippen LogP contribution in [0, 0.1) is 0 Å². The Morgan fingerprint density at radius 3 is 1.56 bits per heavy atom. The summed E-state index contributed by atoms with van der Waals surface area (Å²) in [5.41, 5.74) is 11.0. The molecule has 0 fully saturated rings. The molecule has 3 aromatic heterocycles. The van der Waals surface area contributed by atoms with E-state index in [1.165, 1.54) is 58.8 Å². The number of hydrogen-bond acceptors (Lipinski definition) is 3. The predicted octanol–water partition coefficient (Wildman–Crippen LogP) is 12.6. The second-order valence-electron chi connectivity index (χ2n) is 12.6. The SMILES string of the molecule is c1ccc(-c2cc(-c3ccccc3)nc(-c3ccc4c(c3)sc3cc(-c5ccc6c(c5)c5ccccc5n6-c5ccccc5)ccc34)n2)cc1.